The van der Waals surface area contributed by atoms with Crippen molar-refractivity contribution >= 4 is 28.1 Å². The molecule has 33 heavy (non-hydrogen) atoms. The molecule has 0 bridgehead atoms. The van der Waals surface area contributed by atoms with Gasteiger partial charge in [-0.1, -0.05) is 10.8 Å². The summed E-state index contributed by atoms with van der Waals surface area (Å²) in [6.07, 6.45) is -1.51. The maximum absolute atomic E-state index is 12.9. The molecule has 2 aromatic carbocycles. The number of anilines is 2. The predicted octanol–water partition coefficient (Wildman–Crippen LogP) is 5.58. The van der Waals surface area contributed by atoms with Gasteiger partial charge in [0.15, 0.2) is 0 Å². The summed E-state index contributed by atoms with van der Waals surface area (Å²) < 4.78 is 67.8. The molecule has 1 aromatic heterocycles. The number of hydrogen-bond donors (Lipinski definition) is 3. The number of halogens is 3. The zero-order valence-corrected chi connectivity index (χ0v) is 18.2. The molecule has 3 N–H and O–H groups in total. The third kappa shape index (κ3) is 4.61. The Morgan fingerprint density at radius 1 is 1.15 bits per heavy atom. The monoisotopic (exact) mass is 479 g/mol. The summed E-state index contributed by atoms with van der Waals surface area (Å²) in [6, 6.07) is 10.3. The van der Waals surface area contributed by atoms with Crippen LogP contribution in [0.4, 0.5) is 24.5 Å². The topological polar surface area (TPSA) is 94.9 Å². The van der Waals surface area contributed by atoms with Crippen molar-refractivity contribution in [3.63, 3.8) is 0 Å². The van der Waals surface area contributed by atoms with Crippen LogP contribution in [0.1, 0.15) is 21.5 Å². The fourth-order valence-corrected chi connectivity index (χ4v) is 5.06. The van der Waals surface area contributed by atoms with E-state index in [1.807, 2.05) is 0 Å². The fraction of sp³-hybridized carbons (Fsp3) is 0.182. The molecule has 3 aromatic rings. The van der Waals surface area contributed by atoms with Gasteiger partial charge in [-0.2, -0.15) is 13.2 Å². The molecule has 11 heteroatoms. The number of aromatic nitrogens is 1. The fourth-order valence-electron chi connectivity index (χ4n) is 3.40. The number of benzene rings is 2. The van der Waals surface area contributed by atoms with Crippen LogP contribution in [0.3, 0.4) is 0 Å². The van der Waals surface area contributed by atoms with Crippen LogP contribution in [0.2, 0.25) is 0 Å². The van der Waals surface area contributed by atoms with Crippen LogP contribution in [0.15, 0.2) is 65.8 Å². The lowest BCUT2D eigenvalue weighted by Gasteiger charge is -2.42. The quantitative estimate of drug-likeness (QED) is 0.454. The number of hydrogen-bond acceptors (Lipinski definition) is 6. The number of alkyl halides is 3. The standard InChI is InChI=1S/C22H20F3N3O4S/c1-14-8-9-26-13-18(14)21(29)27-16-4-7-19-20(12-16)33(30,31)28(10-11-32-19)17-5-2-15(3-6-17)22(23,24)25/h2-9,12-13,30-31H,10-11H2,1H3,(H,27,29). The minimum Gasteiger partial charge on any atom is -0.490 e. The van der Waals surface area contributed by atoms with E-state index in [-0.39, 0.29) is 29.5 Å². The minimum absolute atomic E-state index is 0.0145. The van der Waals surface area contributed by atoms with Crippen molar-refractivity contribution in [2.45, 2.75) is 18.0 Å². The smallest absolute Gasteiger partial charge is 0.416 e. The highest BCUT2D eigenvalue weighted by Gasteiger charge is 2.34. The maximum atomic E-state index is 12.9. The van der Waals surface area contributed by atoms with Gasteiger partial charge in [-0.25, -0.2) is 0 Å². The van der Waals surface area contributed by atoms with Gasteiger partial charge in [0.2, 0.25) is 0 Å². The number of nitrogens with zero attached hydrogens (tertiary/aromatic N) is 2. The van der Waals surface area contributed by atoms with Crippen molar-refractivity contribution in [1.29, 1.82) is 0 Å². The van der Waals surface area contributed by atoms with Crippen molar-refractivity contribution in [1.82, 2.24) is 4.98 Å². The highest BCUT2D eigenvalue weighted by Crippen LogP contribution is 2.58. The zero-order valence-electron chi connectivity index (χ0n) is 17.3. The SMILES string of the molecule is Cc1ccncc1C(=O)Nc1ccc2c(c1)S(O)(O)N(c1ccc(C(F)(F)F)cc1)CCO2. The molecular weight excluding hydrogens is 459 g/mol. The molecule has 7 nitrogen and oxygen atoms in total. The second kappa shape index (κ2) is 8.58. The maximum Gasteiger partial charge on any atom is 0.416 e. The van der Waals surface area contributed by atoms with Crippen LogP contribution in [0.25, 0.3) is 0 Å². The van der Waals surface area contributed by atoms with Crippen LogP contribution in [0, 0.1) is 6.92 Å². The molecule has 2 heterocycles. The Bertz CT molecular complexity index is 1190. The Morgan fingerprint density at radius 3 is 2.55 bits per heavy atom. The Kier molecular flexibility index (Phi) is 5.95. The molecule has 1 amide bonds. The number of ether oxygens (including phenoxy) is 1. The molecule has 0 aliphatic carbocycles. The van der Waals surface area contributed by atoms with E-state index < -0.39 is 28.4 Å². The van der Waals surface area contributed by atoms with Crippen LogP contribution in [0.5, 0.6) is 5.75 Å². The summed E-state index contributed by atoms with van der Waals surface area (Å²) in [5, 5.41) is 2.70. The number of fused-ring (bicyclic) bond motifs is 1. The highest BCUT2D eigenvalue weighted by molar-refractivity contribution is 8.25. The van der Waals surface area contributed by atoms with Crippen LogP contribution < -0.4 is 14.4 Å². The Balaban J connectivity index is 1.65. The van der Waals surface area contributed by atoms with Crippen molar-refractivity contribution in [3.8, 4) is 5.75 Å². The summed E-state index contributed by atoms with van der Waals surface area (Å²) in [6.45, 7) is 1.86. The molecule has 174 valence electrons. The third-order valence-electron chi connectivity index (χ3n) is 5.12. The van der Waals surface area contributed by atoms with Gasteiger partial charge in [0, 0.05) is 18.1 Å². The number of aryl methyl sites for hydroxylation is 1. The first kappa shape index (κ1) is 22.9. The summed E-state index contributed by atoms with van der Waals surface area (Å²) in [4.78, 5) is 16.6. The lowest BCUT2D eigenvalue weighted by Crippen LogP contribution is -2.29. The second-order valence-electron chi connectivity index (χ2n) is 7.32. The van der Waals surface area contributed by atoms with Crippen molar-refractivity contribution < 1.29 is 31.8 Å². The lowest BCUT2D eigenvalue weighted by molar-refractivity contribution is -0.137. The number of amides is 1. The first-order valence-electron chi connectivity index (χ1n) is 9.79. The average Bonchev–Trinajstić information content (AvgIpc) is 2.89. The molecule has 0 spiro atoms. The number of rotatable bonds is 3. The normalized spacial score (nSPS) is 16.2. The van der Waals surface area contributed by atoms with Gasteiger partial charge in [0.05, 0.1) is 23.4 Å². The van der Waals surface area contributed by atoms with Gasteiger partial charge in [-0.15, -0.1) is 0 Å². The van der Waals surface area contributed by atoms with Gasteiger partial charge in [-0.05, 0) is 61.0 Å². The van der Waals surface area contributed by atoms with Gasteiger partial charge in [0.1, 0.15) is 17.3 Å². The van der Waals surface area contributed by atoms with E-state index in [2.05, 4.69) is 10.3 Å². The largest absolute Gasteiger partial charge is 0.490 e. The molecule has 1 aliphatic heterocycles. The second-order valence-corrected chi connectivity index (χ2v) is 9.24. The average molecular weight is 479 g/mol. The first-order chi connectivity index (χ1) is 15.6. The lowest BCUT2D eigenvalue weighted by atomic mass is 10.1. The first-order valence-corrected chi connectivity index (χ1v) is 11.3. The van der Waals surface area contributed by atoms with Crippen molar-refractivity contribution in [2.24, 2.45) is 0 Å². The summed E-state index contributed by atoms with van der Waals surface area (Å²) in [5.74, 6) is -0.217. The minimum atomic E-state index is -4.50. The van der Waals surface area contributed by atoms with E-state index in [0.29, 0.717) is 11.3 Å². The third-order valence-corrected chi connectivity index (χ3v) is 7.04. The van der Waals surface area contributed by atoms with Crippen LogP contribution >= 0.6 is 10.8 Å². The molecule has 0 saturated heterocycles. The number of carbonyl (C=O) groups is 1. The van der Waals surface area contributed by atoms with Crippen molar-refractivity contribution in [3.05, 3.63) is 77.6 Å². The molecule has 0 radical (unpaired) electrons. The van der Waals surface area contributed by atoms with E-state index in [4.69, 9.17) is 4.74 Å². The molecule has 1 aliphatic rings. The Morgan fingerprint density at radius 2 is 1.88 bits per heavy atom. The van der Waals surface area contributed by atoms with Gasteiger partial charge < -0.3 is 10.1 Å². The van der Waals surface area contributed by atoms with E-state index in [1.54, 1.807) is 25.3 Å². The van der Waals surface area contributed by atoms with E-state index in [1.165, 1.54) is 34.8 Å². The summed E-state index contributed by atoms with van der Waals surface area (Å²) in [7, 11) is -3.69. The molecule has 4 rings (SSSR count). The summed E-state index contributed by atoms with van der Waals surface area (Å²) in [5.41, 5.74) is 0.727. The van der Waals surface area contributed by atoms with E-state index in [0.717, 1.165) is 17.7 Å². The number of carbonyl (C=O) groups excluding carboxylic acids is 1. The molecule has 0 saturated carbocycles. The highest BCUT2D eigenvalue weighted by atomic mass is 32.3. The Labute approximate surface area is 189 Å². The number of nitrogens with one attached hydrogen (secondary N) is 1. The summed E-state index contributed by atoms with van der Waals surface area (Å²) >= 11 is 0. The number of pyridine rings is 1. The van der Waals surface area contributed by atoms with E-state index in [9.17, 15) is 27.1 Å². The molecule has 0 atom stereocenters. The molecule has 0 unspecified atom stereocenters. The van der Waals surface area contributed by atoms with Crippen LogP contribution in [-0.4, -0.2) is 33.1 Å². The van der Waals surface area contributed by atoms with Crippen molar-refractivity contribution in [2.75, 3.05) is 22.8 Å². The van der Waals surface area contributed by atoms with Gasteiger partial charge in [0.25, 0.3) is 5.91 Å². The molecular formula is C22H20F3N3O4S. The predicted molar refractivity (Wildman–Crippen MR) is 119 cm³/mol. The molecule has 0 fully saturated rings. The zero-order chi connectivity index (χ0) is 23.8. The van der Waals surface area contributed by atoms with Crippen LogP contribution in [-0.2, 0) is 6.18 Å². The van der Waals surface area contributed by atoms with E-state index >= 15 is 0 Å². The Hall–Kier alpha value is -3.28. The van der Waals surface area contributed by atoms with Gasteiger partial charge >= 0.3 is 6.18 Å². The van der Waals surface area contributed by atoms with Gasteiger partial charge in [-0.3, -0.25) is 23.2 Å².